The summed E-state index contributed by atoms with van der Waals surface area (Å²) in [6.45, 7) is 7.32. The summed E-state index contributed by atoms with van der Waals surface area (Å²) in [5.41, 5.74) is 4.16. The molecule has 2 aliphatic heterocycles. The van der Waals surface area contributed by atoms with Gasteiger partial charge < -0.3 is 19.5 Å². The van der Waals surface area contributed by atoms with Crippen molar-refractivity contribution in [2.24, 2.45) is 17.8 Å². The highest BCUT2D eigenvalue weighted by atomic mass is 16.5. The zero-order valence-corrected chi connectivity index (χ0v) is 27.8. The summed E-state index contributed by atoms with van der Waals surface area (Å²) in [4.78, 5) is 19.1. The van der Waals surface area contributed by atoms with E-state index in [9.17, 15) is 9.90 Å². The average molecular weight is 615 g/mol. The van der Waals surface area contributed by atoms with Crippen LogP contribution in [0.2, 0.25) is 0 Å². The van der Waals surface area contributed by atoms with Crippen LogP contribution in [-0.4, -0.2) is 71.8 Å². The molecule has 6 nitrogen and oxygen atoms in total. The second-order valence-corrected chi connectivity index (χ2v) is 15.2. The Morgan fingerprint density at radius 1 is 1.09 bits per heavy atom. The van der Waals surface area contributed by atoms with E-state index in [-0.39, 0.29) is 23.7 Å². The third-order valence-corrected chi connectivity index (χ3v) is 11.9. The number of piperidine rings is 1. The largest absolute Gasteiger partial charge is 0.493 e. The number of aliphatic hydroxyl groups is 1. The van der Waals surface area contributed by atoms with Gasteiger partial charge in [-0.1, -0.05) is 69.5 Å². The van der Waals surface area contributed by atoms with Crippen LogP contribution in [0.3, 0.4) is 0 Å². The number of aliphatic hydroxyl groups excluding tert-OH is 1. The molecule has 0 aromatic heterocycles. The normalized spacial score (nSPS) is 31.0. The van der Waals surface area contributed by atoms with Crippen LogP contribution in [0.1, 0.15) is 94.7 Å². The van der Waals surface area contributed by atoms with Crippen LogP contribution >= 0.6 is 0 Å². The first kappa shape index (κ1) is 31.1. The van der Waals surface area contributed by atoms with Gasteiger partial charge in [0.25, 0.3) is 0 Å². The summed E-state index contributed by atoms with van der Waals surface area (Å²) in [6.07, 6.45) is 12.5. The third-order valence-electron chi connectivity index (χ3n) is 11.9. The molecule has 3 fully saturated rings. The molecule has 5 aliphatic rings. The Kier molecular flexibility index (Phi) is 8.91. The SMILES string of the molecule is COc1ccc2c3c1O[C@H]1[C@@H](N(CC(C)C)C(=O)CCCCCCCc4ccccc4)CC[C@H]4[C@@H](C2)N(CC2CC2O)CC[C@@]341. The third kappa shape index (κ3) is 5.79. The van der Waals surface area contributed by atoms with E-state index in [1.807, 2.05) is 0 Å². The number of rotatable bonds is 14. The molecular weight excluding hydrogens is 560 g/mol. The maximum atomic E-state index is 14.1. The van der Waals surface area contributed by atoms with E-state index in [0.29, 0.717) is 36.1 Å². The Morgan fingerprint density at radius 3 is 2.62 bits per heavy atom. The molecule has 2 unspecified atom stereocenters. The number of aryl methyl sites for hydroxylation is 1. The van der Waals surface area contributed by atoms with Crippen molar-refractivity contribution in [1.29, 1.82) is 0 Å². The molecule has 1 saturated heterocycles. The van der Waals surface area contributed by atoms with Gasteiger partial charge in [-0.2, -0.15) is 0 Å². The monoisotopic (exact) mass is 614 g/mol. The first-order valence-corrected chi connectivity index (χ1v) is 18.0. The summed E-state index contributed by atoms with van der Waals surface area (Å²) in [5, 5.41) is 10.2. The lowest BCUT2D eigenvalue weighted by Gasteiger charge is -2.60. The van der Waals surface area contributed by atoms with Crippen LogP contribution in [0.4, 0.5) is 0 Å². The number of unbranched alkanes of at least 4 members (excludes halogenated alkanes) is 4. The van der Waals surface area contributed by atoms with Gasteiger partial charge in [0.15, 0.2) is 11.5 Å². The molecule has 6 heteroatoms. The molecule has 244 valence electrons. The minimum Gasteiger partial charge on any atom is -0.493 e. The molecule has 1 amide bonds. The van der Waals surface area contributed by atoms with Gasteiger partial charge in [-0.15, -0.1) is 0 Å². The Hall–Kier alpha value is -2.57. The average Bonchev–Trinajstić information content (AvgIpc) is 3.62. The van der Waals surface area contributed by atoms with Crippen LogP contribution in [-0.2, 0) is 23.1 Å². The van der Waals surface area contributed by atoms with Gasteiger partial charge in [-0.25, -0.2) is 0 Å². The van der Waals surface area contributed by atoms with Crippen molar-refractivity contribution in [2.75, 3.05) is 26.7 Å². The fourth-order valence-corrected chi connectivity index (χ4v) is 9.76. The zero-order valence-electron chi connectivity index (χ0n) is 27.8. The first-order chi connectivity index (χ1) is 21.9. The molecule has 1 spiro atoms. The summed E-state index contributed by atoms with van der Waals surface area (Å²) in [5.74, 6) is 3.45. The van der Waals surface area contributed by atoms with Gasteiger partial charge in [-0.3, -0.25) is 9.69 Å². The molecule has 0 radical (unpaired) electrons. The van der Waals surface area contributed by atoms with E-state index in [1.165, 1.54) is 36.0 Å². The van der Waals surface area contributed by atoms with Crippen molar-refractivity contribution in [2.45, 2.75) is 121 Å². The topological polar surface area (TPSA) is 62.2 Å². The van der Waals surface area contributed by atoms with Crippen LogP contribution < -0.4 is 9.47 Å². The smallest absolute Gasteiger partial charge is 0.222 e. The maximum absolute atomic E-state index is 14.1. The summed E-state index contributed by atoms with van der Waals surface area (Å²) in [7, 11) is 1.75. The van der Waals surface area contributed by atoms with E-state index in [4.69, 9.17) is 9.47 Å². The molecule has 7 atom stereocenters. The van der Waals surface area contributed by atoms with Crippen molar-refractivity contribution in [3.8, 4) is 11.5 Å². The number of hydrogen-bond donors (Lipinski definition) is 1. The maximum Gasteiger partial charge on any atom is 0.222 e. The quantitative estimate of drug-likeness (QED) is 0.245. The predicted molar refractivity (Wildman–Crippen MR) is 178 cm³/mol. The number of amides is 1. The first-order valence-electron chi connectivity index (χ1n) is 18.0. The van der Waals surface area contributed by atoms with E-state index < -0.39 is 0 Å². The zero-order chi connectivity index (χ0) is 31.1. The fraction of sp³-hybridized carbons (Fsp3) is 0.667. The molecule has 3 aliphatic carbocycles. The molecule has 2 aromatic rings. The van der Waals surface area contributed by atoms with E-state index in [1.54, 1.807) is 7.11 Å². The van der Waals surface area contributed by atoms with Crippen LogP contribution in [0, 0.1) is 17.8 Å². The summed E-state index contributed by atoms with van der Waals surface area (Å²) in [6, 6.07) is 15.7. The van der Waals surface area contributed by atoms with Gasteiger partial charge in [0.1, 0.15) is 6.10 Å². The van der Waals surface area contributed by atoms with Crippen molar-refractivity contribution >= 4 is 5.91 Å². The Labute approximate surface area is 270 Å². The van der Waals surface area contributed by atoms with Gasteiger partial charge in [0, 0.05) is 42.4 Å². The molecule has 45 heavy (non-hydrogen) atoms. The van der Waals surface area contributed by atoms with E-state index in [0.717, 1.165) is 82.5 Å². The lowest BCUT2D eigenvalue weighted by Crippen LogP contribution is -2.69. The van der Waals surface area contributed by atoms with Crippen molar-refractivity contribution in [3.05, 3.63) is 59.2 Å². The van der Waals surface area contributed by atoms with E-state index in [2.05, 4.69) is 66.1 Å². The number of nitrogens with zero attached hydrogens (tertiary/aromatic N) is 2. The number of likely N-dealkylation sites (tertiary alicyclic amines) is 1. The number of methoxy groups -OCH3 is 1. The molecule has 2 bridgehead atoms. The summed E-state index contributed by atoms with van der Waals surface area (Å²) >= 11 is 0. The number of carbonyl (C=O) groups is 1. The fourth-order valence-electron chi connectivity index (χ4n) is 9.76. The standard InChI is InChI=1S/C39H54N2O4/c1-26(2)24-41(35(43)15-11-6-4-5-8-12-27-13-9-7-10-14-27)31-18-17-30-32-22-28-16-19-34(44-3)37-36(28)39(30,38(31)45-37)20-21-40(32)25-29-23-33(29)42/h7,9-10,13-14,16,19,26,29-33,38,42H,4-6,8,11-12,15,17-18,20-25H2,1-3H3/t29?,30-,31-,32+,33?,38-,39-/m0/s1. The molecule has 7 rings (SSSR count). The van der Waals surface area contributed by atoms with Gasteiger partial charge in [0.05, 0.1) is 19.3 Å². The van der Waals surface area contributed by atoms with Crippen molar-refractivity contribution in [3.63, 3.8) is 0 Å². The number of hydrogen-bond acceptors (Lipinski definition) is 5. The van der Waals surface area contributed by atoms with Gasteiger partial charge in [-0.05, 0) is 86.9 Å². The molecule has 1 N–H and O–H groups in total. The van der Waals surface area contributed by atoms with Gasteiger partial charge in [0.2, 0.25) is 5.91 Å². The Bertz CT molecular complexity index is 1350. The predicted octanol–water partition coefficient (Wildman–Crippen LogP) is 6.55. The summed E-state index contributed by atoms with van der Waals surface area (Å²) < 4.78 is 13.0. The van der Waals surface area contributed by atoms with Gasteiger partial charge >= 0.3 is 0 Å². The van der Waals surface area contributed by atoms with Crippen LogP contribution in [0.5, 0.6) is 11.5 Å². The Balaban J connectivity index is 1.06. The van der Waals surface area contributed by atoms with Crippen molar-refractivity contribution < 1.29 is 19.4 Å². The Morgan fingerprint density at radius 2 is 1.87 bits per heavy atom. The van der Waals surface area contributed by atoms with E-state index >= 15 is 0 Å². The molecule has 2 aromatic carbocycles. The number of ether oxygens (including phenoxy) is 2. The molecule has 2 saturated carbocycles. The lowest BCUT2D eigenvalue weighted by molar-refractivity contribution is -0.143. The molecule has 2 heterocycles. The second-order valence-electron chi connectivity index (χ2n) is 15.2. The minimum atomic E-state index is -0.115. The minimum absolute atomic E-state index is 0.0292. The lowest BCUT2D eigenvalue weighted by atomic mass is 9.51. The highest BCUT2D eigenvalue weighted by molar-refractivity contribution is 5.77. The second kappa shape index (κ2) is 12.9. The van der Waals surface area contributed by atoms with Crippen LogP contribution in [0.15, 0.2) is 42.5 Å². The highest BCUT2D eigenvalue weighted by Gasteiger charge is 2.67. The van der Waals surface area contributed by atoms with Crippen LogP contribution in [0.25, 0.3) is 0 Å². The number of benzene rings is 2. The van der Waals surface area contributed by atoms with Crippen molar-refractivity contribution in [1.82, 2.24) is 9.80 Å². The highest BCUT2D eigenvalue weighted by Crippen LogP contribution is 2.64. The number of carbonyl (C=O) groups excluding carboxylic acids is 1. The molecular formula is C39H54N2O4.